The van der Waals surface area contributed by atoms with Crippen LogP contribution >= 0.6 is 23.2 Å². The molecule has 0 aliphatic carbocycles. The van der Waals surface area contributed by atoms with Gasteiger partial charge in [-0.1, -0.05) is 53.5 Å². The van der Waals surface area contributed by atoms with Gasteiger partial charge in [0, 0.05) is 21.8 Å². The van der Waals surface area contributed by atoms with Crippen molar-refractivity contribution >= 4 is 40.5 Å². The van der Waals surface area contributed by atoms with E-state index in [1.165, 1.54) is 0 Å². The Morgan fingerprint density at radius 2 is 1.82 bits per heavy atom. The number of pyridine rings is 1. The highest BCUT2D eigenvalue weighted by Crippen LogP contribution is 2.30. The van der Waals surface area contributed by atoms with E-state index in [0.717, 1.165) is 33.7 Å². The number of aromatic nitrogens is 2. The van der Waals surface area contributed by atoms with Crippen LogP contribution in [0.25, 0.3) is 28.6 Å². The summed E-state index contributed by atoms with van der Waals surface area (Å²) in [6, 6.07) is 21.1. The van der Waals surface area contributed by atoms with Crippen LogP contribution in [0.2, 0.25) is 10.0 Å². The van der Waals surface area contributed by atoms with Gasteiger partial charge in [0.1, 0.15) is 5.65 Å². The van der Waals surface area contributed by atoms with E-state index in [0.29, 0.717) is 15.6 Å². The number of allylic oxidation sites excluding steroid dienone is 1. The topological polar surface area (TPSA) is 41.1 Å². The lowest BCUT2D eigenvalue weighted by Gasteiger charge is -2.04. The number of nitrogens with zero attached hydrogens (tertiary/aromatic N) is 3. The van der Waals surface area contributed by atoms with Crippen LogP contribution < -0.4 is 0 Å². The molecule has 0 unspecified atom stereocenters. The Morgan fingerprint density at radius 3 is 2.54 bits per heavy atom. The fourth-order valence-electron chi connectivity index (χ4n) is 3.15. The number of nitriles is 1. The summed E-state index contributed by atoms with van der Waals surface area (Å²) in [7, 11) is 0. The van der Waals surface area contributed by atoms with Crippen LogP contribution in [0.4, 0.5) is 0 Å². The standard InChI is InChI=1S/C23H15Cl2N3/c1-15-4-3-11-28-21(13-18(14-26)17-5-2-6-20(25)12-17)22(27-23(15)28)16-7-9-19(24)10-8-16/h2-13H,1H3/b18-13+. The first-order chi connectivity index (χ1) is 13.6. The number of hydrogen-bond acceptors (Lipinski definition) is 2. The molecule has 0 amide bonds. The van der Waals surface area contributed by atoms with Crippen LogP contribution in [0.3, 0.4) is 0 Å². The number of imidazole rings is 1. The first-order valence-corrected chi connectivity index (χ1v) is 9.44. The van der Waals surface area contributed by atoms with Gasteiger partial charge in [-0.25, -0.2) is 4.98 Å². The predicted molar refractivity (Wildman–Crippen MR) is 115 cm³/mol. The molecule has 0 saturated carbocycles. The monoisotopic (exact) mass is 403 g/mol. The highest BCUT2D eigenvalue weighted by molar-refractivity contribution is 6.31. The Hall–Kier alpha value is -3.06. The van der Waals surface area contributed by atoms with Gasteiger partial charge in [-0.2, -0.15) is 5.26 Å². The maximum Gasteiger partial charge on any atom is 0.140 e. The molecule has 4 rings (SSSR count). The number of halogens is 2. The van der Waals surface area contributed by atoms with Crippen LogP contribution in [0.15, 0.2) is 66.9 Å². The highest BCUT2D eigenvalue weighted by atomic mass is 35.5. The Kier molecular flexibility index (Phi) is 4.92. The molecule has 0 atom stereocenters. The quantitative estimate of drug-likeness (QED) is 0.357. The molecule has 0 fully saturated rings. The number of aryl methyl sites for hydroxylation is 1. The summed E-state index contributed by atoms with van der Waals surface area (Å²) in [5, 5.41) is 11.0. The smallest absolute Gasteiger partial charge is 0.140 e. The van der Waals surface area contributed by atoms with Gasteiger partial charge >= 0.3 is 0 Å². The zero-order valence-electron chi connectivity index (χ0n) is 15.0. The molecule has 2 aromatic carbocycles. The molecule has 4 aromatic rings. The van der Waals surface area contributed by atoms with Crippen molar-refractivity contribution in [1.82, 2.24) is 9.38 Å². The van der Waals surface area contributed by atoms with E-state index in [9.17, 15) is 5.26 Å². The summed E-state index contributed by atoms with van der Waals surface area (Å²) >= 11 is 12.2. The Bertz CT molecular complexity index is 1250. The molecule has 0 N–H and O–H groups in total. The summed E-state index contributed by atoms with van der Waals surface area (Å²) < 4.78 is 2.00. The summed E-state index contributed by atoms with van der Waals surface area (Å²) in [4.78, 5) is 4.85. The Labute approximate surface area is 173 Å². The lowest BCUT2D eigenvalue weighted by atomic mass is 10.0. The summed E-state index contributed by atoms with van der Waals surface area (Å²) in [6.45, 7) is 2.02. The van der Waals surface area contributed by atoms with Crippen molar-refractivity contribution in [1.29, 1.82) is 5.26 Å². The average Bonchev–Trinajstić information content (AvgIpc) is 3.06. The fourth-order valence-corrected chi connectivity index (χ4v) is 3.47. The third kappa shape index (κ3) is 3.41. The molecule has 0 radical (unpaired) electrons. The molecular weight excluding hydrogens is 389 g/mol. The van der Waals surface area contributed by atoms with Gasteiger partial charge in [-0.3, -0.25) is 4.40 Å². The summed E-state index contributed by atoms with van der Waals surface area (Å²) in [5.41, 5.74) is 5.74. The van der Waals surface area contributed by atoms with Crippen molar-refractivity contribution < 1.29 is 0 Å². The minimum atomic E-state index is 0.515. The van der Waals surface area contributed by atoms with E-state index in [-0.39, 0.29) is 0 Å². The Morgan fingerprint density at radius 1 is 1.04 bits per heavy atom. The zero-order chi connectivity index (χ0) is 19.7. The van der Waals surface area contributed by atoms with Crippen molar-refractivity contribution in [3.63, 3.8) is 0 Å². The van der Waals surface area contributed by atoms with Crippen molar-refractivity contribution in [2.45, 2.75) is 6.92 Å². The van der Waals surface area contributed by atoms with Gasteiger partial charge in [0.2, 0.25) is 0 Å². The van der Waals surface area contributed by atoms with Gasteiger partial charge in [-0.15, -0.1) is 0 Å². The van der Waals surface area contributed by atoms with Crippen molar-refractivity contribution in [2.24, 2.45) is 0 Å². The molecule has 2 heterocycles. The third-order valence-corrected chi connectivity index (χ3v) is 5.02. The molecule has 5 heteroatoms. The normalized spacial score (nSPS) is 11.6. The SMILES string of the molecule is Cc1cccn2c(/C=C(\C#N)c3cccc(Cl)c3)c(-c3ccc(Cl)cc3)nc12. The minimum absolute atomic E-state index is 0.515. The van der Waals surface area contributed by atoms with Crippen molar-refractivity contribution in [3.05, 3.63) is 93.7 Å². The van der Waals surface area contributed by atoms with Gasteiger partial charge in [0.15, 0.2) is 0 Å². The highest BCUT2D eigenvalue weighted by Gasteiger charge is 2.15. The van der Waals surface area contributed by atoms with Gasteiger partial charge in [0.05, 0.1) is 23.0 Å². The van der Waals surface area contributed by atoms with E-state index in [1.54, 1.807) is 12.1 Å². The van der Waals surface area contributed by atoms with Gasteiger partial charge in [-0.05, 0) is 54.5 Å². The molecule has 3 nitrogen and oxygen atoms in total. The van der Waals surface area contributed by atoms with Crippen LogP contribution in [0.5, 0.6) is 0 Å². The molecule has 0 saturated heterocycles. The Balaban J connectivity index is 1.99. The van der Waals surface area contributed by atoms with Crippen LogP contribution in [-0.4, -0.2) is 9.38 Å². The van der Waals surface area contributed by atoms with E-state index in [2.05, 4.69) is 6.07 Å². The molecule has 0 aliphatic rings. The first-order valence-electron chi connectivity index (χ1n) is 8.68. The molecule has 0 aliphatic heterocycles. The van der Waals surface area contributed by atoms with Crippen molar-refractivity contribution in [2.75, 3.05) is 0 Å². The van der Waals surface area contributed by atoms with Crippen LogP contribution in [0, 0.1) is 18.3 Å². The van der Waals surface area contributed by atoms with Crippen LogP contribution in [0.1, 0.15) is 16.8 Å². The van der Waals surface area contributed by atoms with Gasteiger partial charge in [0.25, 0.3) is 0 Å². The largest absolute Gasteiger partial charge is 0.299 e. The molecule has 28 heavy (non-hydrogen) atoms. The minimum Gasteiger partial charge on any atom is -0.299 e. The maximum absolute atomic E-state index is 9.79. The third-order valence-electron chi connectivity index (χ3n) is 4.54. The lowest BCUT2D eigenvalue weighted by Crippen LogP contribution is -1.91. The maximum atomic E-state index is 9.79. The number of hydrogen-bond donors (Lipinski definition) is 0. The second-order valence-corrected chi connectivity index (χ2v) is 7.29. The first kappa shape index (κ1) is 18.3. The number of rotatable bonds is 3. The number of fused-ring (bicyclic) bond motifs is 1. The van der Waals surface area contributed by atoms with E-state index in [1.807, 2.05) is 72.1 Å². The molecular formula is C23H15Cl2N3. The summed E-state index contributed by atoms with van der Waals surface area (Å²) in [6.07, 6.45) is 3.81. The second kappa shape index (κ2) is 7.52. The molecule has 0 spiro atoms. The number of benzene rings is 2. The zero-order valence-corrected chi connectivity index (χ0v) is 16.5. The fraction of sp³-hybridized carbons (Fsp3) is 0.0435. The molecule has 2 aromatic heterocycles. The van der Waals surface area contributed by atoms with E-state index in [4.69, 9.17) is 28.2 Å². The second-order valence-electron chi connectivity index (χ2n) is 6.42. The van der Waals surface area contributed by atoms with E-state index < -0.39 is 0 Å². The van der Waals surface area contributed by atoms with Crippen molar-refractivity contribution in [3.8, 4) is 17.3 Å². The molecule has 136 valence electrons. The average molecular weight is 404 g/mol. The predicted octanol–water partition coefficient (Wildman–Crippen LogP) is 6.68. The van der Waals surface area contributed by atoms with Gasteiger partial charge < -0.3 is 0 Å². The van der Waals surface area contributed by atoms with Crippen LogP contribution in [-0.2, 0) is 0 Å². The summed E-state index contributed by atoms with van der Waals surface area (Å²) in [5.74, 6) is 0. The van der Waals surface area contributed by atoms with E-state index >= 15 is 0 Å². The molecule has 0 bridgehead atoms. The lowest BCUT2D eigenvalue weighted by molar-refractivity contribution is 1.15.